The topological polar surface area (TPSA) is 76.7 Å². The second kappa shape index (κ2) is 11.9. The molecule has 0 spiro atoms. The minimum atomic E-state index is -0.143. The van der Waals surface area contributed by atoms with Crippen LogP contribution in [-0.2, 0) is 19.1 Å². The minimum absolute atomic E-state index is 0.0397. The molecule has 0 aliphatic rings. The van der Waals surface area contributed by atoms with E-state index >= 15 is 0 Å². The average Bonchev–Trinajstić information content (AvgIpc) is 2.42. The van der Waals surface area contributed by atoms with Gasteiger partial charge in [-0.2, -0.15) is 0 Å². The van der Waals surface area contributed by atoms with E-state index < -0.39 is 0 Å². The molecule has 2 N–H and O–H groups in total. The van der Waals surface area contributed by atoms with Crippen molar-refractivity contribution in [2.45, 2.75) is 27.2 Å². The second-order valence-corrected chi connectivity index (χ2v) is 4.20. The van der Waals surface area contributed by atoms with Gasteiger partial charge in [-0.15, -0.1) is 0 Å². The van der Waals surface area contributed by atoms with Crippen molar-refractivity contribution in [3.8, 4) is 0 Å². The van der Waals surface area contributed by atoms with Gasteiger partial charge in [0.1, 0.15) is 6.61 Å². The van der Waals surface area contributed by atoms with E-state index in [4.69, 9.17) is 9.47 Å². The van der Waals surface area contributed by atoms with E-state index in [0.717, 1.165) is 6.42 Å². The van der Waals surface area contributed by atoms with Crippen LogP contribution < -0.4 is 10.6 Å². The molecule has 0 rings (SSSR count). The number of hydrogen-bond acceptors (Lipinski definition) is 4. The van der Waals surface area contributed by atoms with E-state index in [9.17, 15) is 9.59 Å². The molecule has 6 heteroatoms. The molecule has 0 bridgehead atoms. The molecule has 0 aromatic rings. The maximum Gasteiger partial charge on any atom is 0.246 e. The number of ether oxygens (including phenoxy) is 2. The van der Waals surface area contributed by atoms with Crippen molar-refractivity contribution < 1.29 is 19.1 Å². The average molecular weight is 274 g/mol. The van der Waals surface area contributed by atoms with Gasteiger partial charge in [0, 0.05) is 25.6 Å². The smallest absolute Gasteiger partial charge is 0.246 e. The van der Waals surface area contributed by atoms with Crippen molar-refractivity contribution in [1.82, 2.24) is 10.6 Å². The maximum atomic E-state index is 11.4. The van der Waals surface area contributed by atoms with Crippen molar-refractivity contribution in [2.24, 2.45) is 5.92 Å². The first-order valence-corrected chi connectivity index (χ1v) is 6.81. The number of carbonyl (C=O) groups is 2. The van der Waals surface area contributed by atoms with Crippen LogP contribution in [-0.4, -0.2) is 51.3 Å². The summed E-state index contributed by atoms with van der Waals surface area (Å²) in [6.07, 6.45) is 0.832. The molecule has 1 atom stereocenters. The highest BCUT2D eigenvalue weighted by Gasteiger charge is 2.08. The summed E-state index contributed by atoms with van der Waals surface area (Å²) in [6.45, 7) is 8.14. The summed E-state index contributed by atoms with van der Waals surface area (Å²) in [5.74, 6) is -0.0514. The third-order valence-corrected chi connectivity index (χ3v) is 2.61. The Morgan fingerprint density at radius 3 is 2.26 bits per heavy atom. The summed E-state index contributed by atoms with van der Waals surface area (Å²) in [4.78, 5) is 22.6. The first-order valence-electron chi connectivity index (χ1n) is 6.81. The summed E-state index contributed by atoms with van der Waals surface area (Å²) < 4.78 is 10.2. The maximum absolute atomic E-state index is 11.4. The molecule has 112 valence electrons. The molecule has 0 radical (unpaired) electrons. The molecule has 0 aromatic heterocycles. The van der Waals surface area contributed by atoms with Gasteiger partial charge in [-0.3, -0.25) is 9.59 Å². The Morgan fingerprint density at radius 1 is 1.05 bits per heavy atom. The monoisotopic (exact) mass is 274 g/mol. The first-order chi connectivity index (χ1) is 9.11. The van der Waals surface area contributed by atoms with E-state index in [1.54, 1.807) is 0 Å². The Morgan fingerprint density at radius 2 is 1.68 bits per heavy atom. The normalized spacial score (nSPS) is 11.9. The highest BCUT2D eigenvalue weighted by molar-refractivity contribution is 5.78. The van der Waals surface area contributed by atoms with E-state index in [0.29, 0.717) is 32.9 Å². The quantitative estimate of drug-likeness (QED) is 0.532. The number of hydrogen-bond donors (Lipinski definition) is 2. The van der Waals surface area contributed by atoms with Gasteiger partial charge in [-0.1, -0.05) is 13.8 Å². The molecule has 19 heavy (non-hydrogen) atoms. The van der Waals surface area contributed by atoms with Crippen LogP contribution >= 0.6 is 0 Å². The van der Waals surface area contributed by atoms with Crippen molar-refractivity contribution in [2.75, 3.05) is 39.5 Å². The van der Waals surface area contributed by atoms with Crippen LogP contribution in [0.3, 0.4) is 0 Å². The summed E-state index contributed by atoms with van der Waals surface area (Å²) >= 11 is 0. The number of rotatable bonds is 11. The lowest BCUT2D eigenvalue weighted by Crippen LogP contribution is -2.33. The van der Waals surface area contributed by atoms with Crippen LogP contribution in [0.4, 0.5) is 0 Å². The standard InChI is InChI=1S/C13H26N2O4/c1-4-11(3)13(17)15-7-9-19-8-6-14-12(16)10-18-5-2/h11H,4-10H2,1-3H3,(H,14,16)(H,15,17). The Balaban J connectivity index is 3.32. The SMILES string of the molecule is CCOCC(=O)NCCOCCNC(=O)C(C)CC. The number of amides is 2. The first kappa shape index (κ1) is 17.9. The lowest BCUT2D eigenvalue weighted by molar-refractivity contribution is -0.125. The molecular weight excluding hydrogens is 248 g/mol. The van der Waals surface area contributed by atoms with E-state index in [2.05, 4.69) is 10.6 Å². The molecule has 0 saturated carbocycles. The highest BCUT2D eigenvalue weighted by Crippen LogP contribution is 1.98. The van der Waals surface area contributed by atoms with Crippen LogP contribution in [0.1, 0.15) is 27.2 Å². The number of nitrogens with one attached hydrogen (secondary N) is 2. The molecule has 2 amide bonds. The third kappa shape index (κ3) is 10.5. The van der Waals surface area contributed by atoms with Gasteiger partial charge >= 0.3 is 0 Å². The predicted molar refractivity (Wildman–Crippen MR) is 72.8 cm³/mol. The highest BCUT2D eigenvalue weighted by atomic mass is 16.5. The molecule has 0 aliphatic heterocycles. The van der Waals surface area contributed by atoms with Gasteiger partial charge in [0.2, 0.25) is 11.8 Å². The Hall–Kier alpha value is -1.14. The lowest BCUT2D eigenvalue weighted by Gasteiger charge is -2.10. The van der Waals surface area contributed by atoms with Gasteiger partial charge in [-0.25, -0.2) is 0 Å². The van der Waals surface area contributed by atoms with Gasteiger partial charge in [0.05, 0.1) is 13.2 Å². The Kier molecular flexibility index (Phi) is 11.2. The Labute approximate surface area is 115 Å². The zero-order valence-corrected chi connectivity index (χ0v) is 12.2. The fraction of sp³-hybridized carbons (Fsp3) is 0.846. The van der Waals surface area contributed by atoms with Crippen LogP contribution in [0, 0.1) is 5.92 Å². The van der Waals surface area contributed by atoms with Crippen molar-refractivity contribution in [3.63, 3.8) is 0 Å². The summed E-state index contributed by atoms with van der Waals surface area (Å²) in [5.41, 5.74) is 0. The van der Waals surface area contributed by atoms with Crippen LogP contribution in [0.2, 0.25) is 0 Å². The van der Waals surface area contributed by atoms with Crippen molar-refractivity contribution >= 4 is 11.8 Å². The zero-order valence-electron chi connectivity index (χ0n) is 12.2. The van der Waals surface area contributed by atoms with Crippen LogP contribution in [0.15, 0.2) is 0 Å². The molecule has 0 aromatic carbocycles. The van der Waals surface area contributed by atoms with Gasteiger partial charge in [-0.05, 0) is 13.3 Å². The second-order valence-electron chi connectivity index (χ2n) is 4.20. The molecule has 0 fully saturated rings. The molecule has 0 saturated heterocycles. The van der Waals surface area contributed by atoms with Crippen molar-refractivity contribution in [3.05, 3.63) is 0 Å². The van der Waals surface area contributed by atoms with Crippen molar-refractivity contribution in [1.29, 1.82) is 0 Å². The van der Waals surface area contributed by atoms with E-state index in [-0.39, 0.29) is 24.3 Å². The van der Waals surface area contributed by atoms with E-state index in [1.165, 1.54) is 0 Å². The van der Waals surface area contributed by atoms with Gasteiger partial charge in [0.15, 0.2) is 0 Å². The minimum Gasteiger partial charge on any atom is -0.378 e. The molecular formula is C13H26N2O4. The van der Waals surface area contributed by atoms with Crippen LogP contribution in [0.5, 0.6) is 0 Å². The van der Waals surface area contributed by atoms with E-state index in [1.807, 2.05) is 20.8 Å². The fourth-order valence-electron chi connectivity index (χ4n) is 1.22. The Bertz CT molecular complexity index is 259. The lowest BCUT2D eigenvalue weighted by atomic mass is 10.1. The molecule has 0 heterocycles. The largest absolute Gasteiger partial charge is 0.378 e. The summed E-state index contributed by atoms with van der Waals surface area (Å²) in [7, 11) is 0. The zero-order chi connectivity index (χ0) is 14.5. The third-order valence-electron chi connectivity index (χ3n) is 2.61. The van der Waals surface area contributed by atoms with Gasteiger partial charge < -0.3 is 20.1 Å². The fourth-order valence-corrected chi connectivity index (χ4v) is 1.22. The summed E-state index contributed by atoms with van der Waals surface area (Å²) in [6, 6.07) is 0. The summed E-state index contributed by atoms with van der Waals surface area (Å²) in [5, 5.41) is 5.46. The van der Waals surface area contributed by atoms with Gasteiger partial charge in [0.25, 0.3) is 0 Å². The molecule has 0 aliphatic carbocycles. The van der Waals surface area contributed by atoms with Crippen LogP contribution in [0.25, 0.3) is 0 Å². The number of carbonyl (C=O) groups excluding carboxylic acids is 2. The molecule has 1 unspecified atom stereocenters. The predicted octanol–water partition coefficient (Wildman–Crippen LogP) is 0.318. The molecule has 6 nitrogen and oxygen atoms in total.